The second-order valence-corrected chi connectivity index (χ2v) is 4.75. The smallest absolute Gasteiger partial charge is 0.191 e. The Morgan fingerprint density at radius 1 is 1.00 bits per heavy atom. The second-order valence-electron chi connectivity index (χ2n) is 4.75. The van der Waals surface area contributed by atoms with E-state index in [1.807, 2.05) is 44.4 Å². The van der Waals surface area contributed by atoms with Crippen molar-refractivity contribution in [3.8, 4) is 0 Å². The lowest BCUT2D eigenvalue weighted by atomic mass is 10.2. The number of hydrazine groups is 1. The molecule has 3 N–H and O–H groups in total. The molecule has 0 radical (unpaired) electrons. The number of nitrogen functional groups attached to an aromatic ring is 1. The van der Waals surface area contributed by atoms with Crippen molar-refractivity contribution in [2.75, 3.05) is 11.2 Å². The topological polar surface area (TPSA) is 107 Å². The molecule has 2 heterocycles. The number of rotatable bonds is 2. The van der Waals surface area contributed by atoms with Gasteiger partial charge < -0.3 is 5.73 Å². The van der Waals surface area contributed by atoms with E-state index in [2.05, 4.69) is 9.97 Å². The molecule has 0 atom stereocenters. The molecular formula is C14H19N5O2. The average Bonchev–Trinajstić information content (AvgIpc) is 2.24. The molecule has 7 heteroatoms. The van der Waals surface area contributed by atoms with Crippen molar-refractivity contribution in [3.05, 3.63) is 56.9 Å². The maximum Gasteiger partial charge on any atom is 0.191 e. The lowest BCUT2D eigenvalue weighted by Gasteiger charge is -1.99. The molecule has 0 spiro atoms. The van der Waals surface area contributed by atoms with Crippen molar-refractivity contribution < 1.29 is 5.03 Å². The Bertz CT molecular complexity index is 573. The lowest BCUT2D eigenvalue weighted by molar-refractivity contribution is -0.445. The third-order valence-electron chi connectivity index (χ3n) is 2.42. The summed E-state index contributed by atoms with van der Waals surface area (Å²) >= 11 is 0. The van der Waals surface area contributed by atoms with Crippen LogP contribution in [0.2, 0.25) is 0 Å². The van der Waals surface area contributed by atoms with Gasteiger partial charge in [-0.15, -0.1) is 0 Å². The molecule has 0 aliphatic carbocycles. The van der Waals surface area contributed by atoms with Crippen LogP contribution < -0.4 is 11.2 Å². The summed E-state index contributed by atoms with van der Waals surface area (Å²) in [5, 5.41) is 9.42. The van der Waals surface area contributed by atoms with Crippen LogP contribution in [0.4, 0.5) is 11.6 Å². The van der Waals surface area contributed by atoms with Gasteiger partial charge in [0.05, 0.1) is 0 Å². The van der Waals surface area contributed by atoms with Gasteiger partial charge in [-0.2, -0.15) is 0 Å². The van der Waals surface area contributed by atoms with Gasteiger partial charge in [0.2, 0.25) is 0 Å². The average molecular weight is 289 g/mol. The zero-order valence-corrected chi connectivity index (χ0v) is 12.5. The van der Waals surface area contributed by atoms with Gasteiger partial charge in [-0.25, -0.2) is 20.1 Å². The number of nitrogens with zero attached hydrogens (tertiary/aromatic N) is 3. The van der Waals surface area contributed by atoms with Crippen LogP contribution in [0, 0.1) is 37.8 Å². The number of nitro groups is 1. The SMILES string of the molecule is Cc1cc(C)nc(N)c1.Cc1cc(C)nc(N[N+](=O)[O-])c1. The highest BCUT2D eigenvalue weighted by atomic mass is 16.7. The van der Waals surface area contributed by atoms with Crippen LogP contribution in [-0.2, 0) is 0 Å². The van der Waals surface area contributed by atoms with E-state index in [0.29, 0.717) is 5.82 Å². The molecule has 0 unspecified atom stereocenters. The highest BCUT2D eigenvalue weighted by Gasteiger charge is 2.01. The van der Waals surface area contributed by atoms with Crippen molar-refractivity contribution in [2.24, 2.45) is 0 Å². The van der Waals surface area contributed by atoms with Crippen LogP contribution in [0.3, 0.4) is 0 Å². The van der Waals surface area contributed by atoms with Crippen LogP contribution in [0.1, 0.15) is 22.5 Å². The van der Waals surface area contributed by atoms with E-state index in [1.54, 1.807) is 13.0 Å². The van der Waals surface area contributed by atoms with Crippen molar-refractivity contribution in [2.45, 2.75) is 27.7 Å². The van der Waals surface area contributed by atoms with E-state index in [4.69, 9.17) is 5.73 Å². The summed E-state index contributed by atoms with van der Waals surface area (Å²) in [5.41, 5.74) is 11.3. The molecule has 2 rings (SSSR count). The number of hydrogen-bond acceptors (Lipinski definition) is 5. The Hall–Kier alpha value is -2.70. The molecule has 2 aromatic heterocycles. The van der Waals surface area contributed by atoms with E-state index in [-0.39, 0.29) is 5.82 Å². The summed E-state index contributed by atoms with van der Waals surface area (Å²) in [7, 11) is 0. The van der Waals surface area contributed by atoms with Gasteiger partial charge in [-0.1, -0.05) is 5.43 Å². The number of anilines is 2. The normalized spacial score (nSPS) is 9.52. The molecule has 0 amide bonds. The third-order valence-corrected chi connectivity index (χ3v) is 2.42. The minimum Gasteiger partial charge on any atom is -0.384 e. The number of nitrogens with one attached hydrogen (secondary N) is 1. The van der Waals surface area contributed by atoms with Gasteiger partial charge in [-0.05, 0) is 63.1 Å². The number of pyridine rings is 2. The van der Waals surface area contributed by atoms with Crippen LogP contribution in [-0.4, -0.2) is 15.0 Å². The number of aryl methyl sites for hydroxylation is 4. The fourth-order valence-corrected chi connectivity index (χ4v) is 1.86. The van der Waals surface area contributed by atoms with Gasteiger partial charge in [-0.3, -0.25) is 0 Å². The quantitative estimate of drug-likeness (QED) is 0.650. The van der Waals surface area contributed by atoms with Crippen molar-refractivity contribution in [3.63, 3.8) is 0 Å². The fourth-order valence-electron chi connectivity index (χ4n) is 1.86. The maximum atomic E-state index is 10.0. The molecule has 2 aromatic rings. The van der Waals surface area contributed by atoms with E-state index in [1.165, 1.54) is 5.56 Å². The zero-order chi connectivity index (χ0) is 16.0. The summed E-state index contributed by atoms with van der Waals surface area (Å²) in [5.74, 6) is 0.880. The highest BCUT2D eigenvalue weighted by Crippen LogP contribution is 2.08. The molecule has 0 aromatic carbocycles. The first-order valence-electron chi connectivity index (χ1n) is 6.33. The largest absolute Gasteiger partial charge is 0.384 e. The maximum absolute atomic E-state index is 10.0. The second kappa shape index (κ2) is 7.18. The van der Waals surface area contributed by atoms with E-state index < -0.39 is 5.03 Å². The first-order chi connectivity index (χ1) is 9.76. The Morgan fingerprint density at radius 2 is 1.52 bits per heavy atom. The van der Waals surface area contributed by atoms with Crippen molar-refractivity contribution in [1.29, 1.82) is 0 Å². The molecule has 0 fully saturated rings. The van der Waals surface area contributed by atoms with Crippen LogP contribution in [0.5, 0.6) is 0 Å². The van der Waals surface area contributed by atoms with Crippen molar-refractivity contribution >= 4 is 11.6 Å². The van der Waals surface area contributed by atoms with E-state index >= 15 is 0 Å². The third kappa shape index (κ3) is 6.33. The molecule has 0 saturated carbocycles. The summed E-state index contributed by atoms with van der Waals surface area (Å²) in [6.07, 6.45) is 0. The Kier molecular flexibility index (Phi) is 5.59. The molecule has 0 aliphatic rings. The van der Waals surface area contributed by atoms with Gasteiger partial charge in [0, 0.05) is 11.4 Å². The molecule has 21 heavy (non-hydrogen) atoms. The number of nitrogens with two attached hydrogens (primary N) is 1. The van der Waals surface area contributed by atoms with Gasteiger partial charge in [0.25, 0.3) is 0 Å². The monoisotopic (exact) mass is 289 g/mol. The summed E-state index contributed by atoms with van der Waals surface area (Å²) in [4.78, 5) is 18.0. The Labute approximate surface area is 123 Å². The van der Waals surface area contributed by atoms with E-state index in [9.17, 15) is 10.1 Å². The molecule has 0 bridgehead atoms. The Morgan fingerprint density at radius 3 is 1.95 bits per heavy atom. The number of aromatic nitrogens is 2. The number of hydrogen-bond donors (Lipinski definition) is 2. The van der Waals surface area contributed by atoms with Crippen LogP contribution >= 0.6 is 0 Å². The Balaban J connectivity index is 0.000000219. The minimum absolute atomic E-state index is 0.275. The van der Waals surface area contributed by atoms with Crippen molar-refractivity contribution in [1.82, 2.24) is 9.97 Å². The predicted molar refractivity (Wildman–Crippen MR) is 82.5 cm³/mol. The van der Waals surface area contributed by atoms with Gasteiger partial charge in [0.15, 0.2) is 10.9 Å². The molecule has 7 nitrogen and oxygen atoms in total. The highest BCUT2D eigenvalue weighted by molar-refractivity contribution is 5.36. The summed E-state index contributed by atoms with van der Waals surface area (Å²) in [6.45, 7) is 7.59. The fraction of sp³-hybridized carbons (Fsp3) is 0.286. The molecular weight excluding hydrogens is 270 g/mol. The van der Waals surface area contributed by atoms with Crippen LogP contribution in [0.15, 0.2) is 24.3 Å². The predicted octanol–water partition coefficient (Wildman–Crippen LogP) is 2.58. The van der Waals surface area contributed by atoms with E-state index in [0.717, 1.165) is 17.0 Å². The molecule has 112 valence electrons. The summed E-state index contributed by atoms with van der Waals surface area (Å²) < 4.78 is 0. The standard InChI is InChI=1S/C7H9N3O2.C7H10N2/c1-5-3-6(2)8-7(4-5)9-10(11)12;1-5-3-6(2)9-7(8)4-5/h3-4H,1-2H3,(H,8,9);3-4H,1-2H3,(H2,8,9). The first kappa shape index (κ1) is 16.4. The lowest BCUT2D eigenvalue weighted by Crippen LogP contribution is -2.09. The molecule has 0 saturated heterocycles. The first-order valence-corrected chi connectivity index (χ1v) is 6.33. The van der Waals surface area contributed by atoms with Gasteiger partial charge in [0.1, 0.15) is 5.82 Å². The molecule has 0 aliphatic heterocycles. The van der Waals surface area contributed by atoms with Crippen LogP contribution in [0.25, 0.3) is 0 Å². The minimum atomic E-state index is -0.624. The summed E-state index contributed by atoms with van der Waals surface area (Å²) in [6, 6.07) is 7.32. The zero-order valence-electron chi connectivity index (χ0n) is 12.5. The van der Waals surface area contributed by atoms with Gasteiger partial charge >= 0.3 is 0 Å².